The number of hydrogen-bond donors (Lipinski definition) is 1. The Bertz CT molecular complexity index is 536. The van der Waals surface area contributed by atoms with Gasteiger partial charge in [0.05, 0.1) is 6.04 Å². The zero-order chi connectivity index (χ0) is 13.8. The Morgan fingerprint density at radius 2 is 2.16 bits per heavy atom. The van der Waals surface area contributed by atoms with Gasteiger partial charge in [0.25, 0.3) is 0 Å². The van der Waals surface area contributed by atoms with E-state index in [1.807, 2.05) is 0 Å². The first-order chi connectivity index (χ1) is 9.11. The topological polar surface area (TPSA) is 48.4 Å². The van der Waals surface area contributed by atoms with E-state index in [-0.39, 0.29) is 12.2 Å². The number of ether oxygens (including phenoxy) is 1. The minimum atomic E-state index is -0.444. The molecule has 0 aliphatic carbocycles. The monoisotopic (exact) mass is 283 g/mol. The summed E-state index contributed by atoms with van der Waals surface area (Å²) in [6, 6.07) is 7.70. The number of nitrogens with two attached hydrogens (primary N) is 1. The third kappa shape index (κ3) is 3.35. The Morgan fingerprint density at radius 3 is 2.84 bits per heavy atom. The lowest BCUT2D eigenvalue weighted by Gasteiger charge is -2.11. The van der Waals surface area contributed by atoms with Gasteiger partial charge in [-0.05, 0) is 30.7 Å². The molecule has 19 heavy (non-hydrogen) atoms. The molecule has 1 aromatic heterocycles. The van der Waals surface area contributed by atoms with Crippen molar-refractivity contribution in [2.45, 2.75) is 19.1 Å². The van der Waals surface area contributed by atoms with E-state index in [1.165, 1.54) is 6.07 Å². The van der Waals surface area contributed by atoms with Gasteiger partial charge in [-0.1, -0.05) is 17.7 Å². The van der Waals surface area contributed by atoms with Gasteiger partial charge in [-0.25, -0.2) is 4.39 Å². The Morgan fingerprint density at radius 1 is 1.37 bits per heavy atom. The summed E-state index contributed by atoms with van der Waals surface area (Å²) >= 11 is 5.97. The molecule has 0 fully saturated rings. The summed E-state index contributed by atoms with van der Waals surface area (Å²) in [5, 5.41) is 0.374. The zero-order valence-corrected chi connectivity index (χ0v) is 11.3. The molecule has 2 N–H and O–H groups in total. The van der Waals surface area contributed by atoms with E-state index >= 15 is 0 Å². The molecule has 0 amide bonds. The van der Waals surface area contributed by atoms with E-state index in [0.717, 1.165) is 0 Å². The second-order valence-corrected chi connectivity index (χ2v) is 4.66. The maximum atomic E-state index is 13.7. The second-order valence-electron chi connectivity index (χ2n) is 4.25. The fourth-order valence-electron chi connectivity index (χ4n) is 1.86. The van der Waals surface area contributed by atoms with Crippen molar-refractivity contribution in [3.63, 3.8) is 0 Å². The molecule has 2 rings (SSSR count). The van der Waals surface area contributed by atoms with Crippen LogP contribution in [0, 0.1) is 5.82 Å². The third-order valence-electron chi connectivity index (χ3n) is 2.82. The number of furan rings is 1. The van der Waals surface area contributed by atoms with Crippen LogP contribution in [-0.2, 0) is 17.8 Å². The molecule has 2 aromatic rings. The minimum Gasteiger partial charge on any atom is -0.462 e. The Kier molecular flexibility index (Phi) is 4.58. The minimum absolute atomic E-state index is 0.283. The van der Waals surface area contributed by atoms with Crippen LogP contribution >= 0.6 is 11.6 Å². The maximum Gasteiger partial charge on any atom is 0.129 e. The summed E-state index contributed by atoms with van der Waals surface area (Å²) in [5.41, 5.74) is 6.42. The van der Waals surface area contributed by atoms with Crippen LogP contribution in [0.15, 0.2) is 34.7 Å². The molecule has 0 bridgehead atoms. The molecule has 1 atom stereocenters. The number of methoxy groups -OCH3 is 1. The number of halogens is 2. The average molecular weight is 284 g/mol. The van der Waals surface area contributed by atoms with Crippen molar-refractivity contribution in [1.29, 1.82) is 0 Å². The number of hydrogen-bond acceptors (Lipinski definition) is 3. The van der Waals surface area contributed by atoms with Gasteiger partial charge in [-0.2, -0.15) is 0 Å². The lowest BCUT2D eigenvalue weighted by molar-refractivity contribution is 0.162. The van der Waals surface area contributed by atoms with Crippen molar-refractivity contribution in [3.05, 3.63) is 58.3 Å². The van der Waals surface area contributed by atoms with Crippen LogP contribution in [0.5, 0.6) is 0 Å². The maximum absolute atomic E-state index is 13.7. The highest BCUT2D eigenvalue weighted by molar-refractivity contribution is 6.31. The predicted molar refractivity (Wildman–Crippen MR) is 71.5 cm³/mol. The van der Waals surface area contributed by atoms with Gasteiger partial charge in [-0.15, -0.1) is 0 Å². The smallest absolute Gasteiger partial charge is 0.129 e. The molecule has 5 heteroatoms. The molecule has 0 saturated heterocycles. The molecule has 0 saturated carbocycles. The van der Waals surface area contributed by atoms with E-state index in [4.69, 9.17) is 26.5 Å². The van der Waals surface area contributed by atoms with Crippen molar-refractivity contribution in [2.24, 2.45) is 5.73 Å². The van der Waals surface area contributed by atoms with Crippen LogP contribution in [0.2, 0.25) is 5.02 Å². The van der Waals surface area contributed by atoms with Gasteiger partial charge in [0.2, 0.25) is 0 Å². The summed E-state index contributed by atoms with van der Waals surface area (Å²) in [7, 11) is 1.58. The lowest BCUT2D eigenvalue weighted by Crippen LogP contribution is -2.13. The Labute approximate surface area is 116 Å². The molecule has 0 spiro atoms. The van der Waals surface area contributed by atoms with Crippen molar-refractivity contribution >= 4 is 11.6 Å². The third-order valence-corrected chi connectivity index (χ3v) is 3.17. The van der Waals surface area contributed by atoms with E-state index in [0.29, 0.717) is 28.7 Å². The van der Waals surface area contributed by atoms with Crippen LogP contribution in [0.1, 0.15) is 23.1 Å². The Balaban J connectivity index is 2.13. The quantitative estimate of drug-likeness (QED) is 0.914. The molecule has 0 aliphatic rings. The molecular weight excluding hydrogens is 269 g/mol. The van der Waals surface area contributed by atoms with E-state index < -0.39 is 6.04 Å². The standard InChI is InChI=1S/C14H15ClFNO2/c1-18-8-9-5-6-14(19-9)13(17)7-10-11(15)3-2-4-12(10)16/h2-6,13H,7-8,17H2,1H3. The second kappa shape index (κ2) is 6.19. The summed E-state index contributed by atoms with van der Waals surface area (Å²) in [6.07, 6.45) is 0.283. The van der Waals surface area contributed by atoms with Gasteiger partial charge in [-0.3, -0.25) is 0 Å². The van der Waals surface area contributed by atoms with Crippen molar-refractivity contribution in [1.82, 2.24) is 0 Å². The molecule has 3 nitrogen and oxygen atoms in total. The van der Waals surface area contributed by atoms with E-state index in [9.17, 15) is 4.39 Å². The zero-order valence-electron chi connectivity index (χ0n) is 10.5. The van der Waals surface area contributed by atoms with Crippen LogP contribution in [0.3, 0.4) is 0 Å². The van der Waals surface area contributed by atoms with Crippen LogP contribution in [0.4, 0.5) is 4.39 Å². The summed E-state index contributed by atoms with van der Waals surface area (Å²) in [4.78, 5) is 0. The van der Waals surface area contributed by atoms with Gasteiger partial charge in [0.15, 0.2) is 0 Å². The van der Waals surface area contributed by atoms with Crippen LogP contribution < -0.4 is 5.73 Å². The number of rotatable bonds is 5. The fourth-order valence-corrected chi connectivity index (χ4v) is 2.10. The SMILES string of the molecule is COCc1ccc(C(N)Cc2c(F)cccc2Cl)o1. The summed E-state index contributed by atoms with van der Waals surface area (Å²) in [6.45, 7) is 0.382. The van der Waals surface area contributed by atoms with Crippen molar-refractivity contribution in [3.8, 4) is 0 Å². The lowest BCUT2D eigenvalue weighted by atomic mass is 10.0. The molecule has 0 radical (unpaired) electrons. The summed E-state index contributed by atoms with van der Waals surface area (Å²) < 4.78 is 24.1. The van der Waals surface area contributed by atoms with Gasteiger partial charge in [0.1, 0.15) is 23.9 Å². The Hall–Kier alpha value is -1.36. The normalized spacial score (nSPS) is 12.6. The van der Waals surface area contributed by atoms with Gasteiger partial charge >= 0.3 is 0 Å². The summed E-state index contributed by atoms with van der Waals surface area (Å²) in [5.74, 6) is 0.922. The van der Waals surface area contributed by atoms with Gasteiger partial charge in [0, 0.05) is 17.7 Å². The molecule has 1 heterocycles. The van der Waals surface area contributed by atoms with E-state index in [1.54, 1.807) is 31.4 Å². The van der Waals surface area contributed by atoms with Crippen LogP contribution in [0.25, 0.3) is 0 Å². The largest absolute Gasteiger partial charge is 0.462 e. The average Bonchev–Trinajstić information content (AvgIpc) is 2.83. The predicted octanol–water partition coefficient (Wildman–Crippen LogP) is 3.46. The van der Waals surface area contributed by atoms with Crippen LogP contribution in [-0.4, -0.2) is 7.11 Å². The highest BCUT2D eigenvalue weighted by Gasteiger charge is 2.16. The van der Waals surface area contributed by atoms with Crippen molar-refractivity contribution in [2.75, 3.05) is 7.11 Å². The first-order valence-electron chi connectivity index (χ1n) is 5.88. The molecular formula is C14H15ClFNO2. The first-order valence-corrected chi connectivity index (χ1v) is 6.25. The molecule has 1 unspecified atom stereocenters. The highest BCUT2D eigenvalue weighted by atomic mass is 35.5. The van der Waals surface area contributed by atoms with Crippen molar-refractivity contribution < 1.29 is 13.5 Å². The van der Waals surface area contributed by atoms with E-state index in [2.05, 4.69) is 0 Å². The fraction of sp³-hybridized carbons (Fsp3) is 0.286. The first kappa shape index (κ1) is 14.1. The molecule has 1 aromatic carbocycles. The molecule has 0 aliphatic heterocycles. The van der Waals surface area contributed by atoms with Gasteiger partial charge < -0.3 is 14.9 Å². The molecule has 102 valence electrons. The highest BCUT2D eigenvalue weighted by Crippen LogP contribution is 2.25. The number of benzene rings is 1.